The van der Waals surface area contributed by atoms with E-state index in [1.165, 1.54) is 26.4 Å². The number of benzene rings is 2. The molecule has 2 aliphatic heterocycles. The Labute approximate surface area is 217 Å². The van der Waals surface area contributed by atoms with Gasteiger partial charge in [-0.2, -0.15) is 26.3 Å². The molecular formula is C27H18F6O2S2. The largest absolute Gasteiger partial charge is 0.380 e. The van der Waals surface area contributed by atoms with E-state index < -0.39 is 49.9 Å². The Kier molecular flexibility index (Phi) is 5.26. The molecule has 2 nitrogen and oxygen atoms in total. The summed E-state index contributed by atoms with van der Waals surface area (Å²) < 4.78 is 103. The minimum atomic E-state index is -5.66. The van der Waals surface area contributed by atoms with Gasteiger partial charge in [-0.3, -0.25) is 0 Å². The molecule has 2 aliphatic carbocycles. The van der Waals surface area contributed by atoms with Gasteiger partial charge in [-0.1, -0.05) is 84.2 Å². The summed E-state index contributed by atoms with van der Waals surface area (Å²) in [5.41, 5.74) is -2.51. The molecule has 0 saturated heterocycles. The molecule has 10 heteroatoms. The van der Waals surface area contributed by atoms with Crippen LogP contribution in [0.5, 0.6) is 0 Å². The van der Waals surface area contributed by atoms with E-state index in [9.17, 15) is 8.78 Å². The maximum Gasteiger partial charge on any atom is 0.380 e. The standard InChI is InChI=1S/C27H18F6O2S2/c1-34-25-17(13-19(36-25)15-9-5-3-6-10-15)21-22(24(30,31)27(32,33)23(21,28)29)18-14-20(37-26(18,25)35-2)16-11-7-4-8-12-16/h3-14H,1-2H3. The molecule has 1 fully saturated rings. The smallest absolute Gasteiger partial charge is 0.358 e. The lowest BCUT2D eigenvalue weighted by atomic mass is 9.80. The molecule has 2 heterocycles. The van der Waals surface area contributed by atoms with Crippen molar-refractivity contribution in [1.29, 1.82) is 0 Å². The zero-order valence-electron chi connectivity index (χ0n) is 19.3. The van der Waals surface area contributed by atoms with Gasteiger partial charge in [0.15, 0.2) is 9.87 Å². The third-order valence-corrected chi connectivity index (χ3v) is 10.3. The van der Waals surface area contributed by atoms with Crippen molar-refractivity contribution in [2.75, 3.05) is 14.2 Å². The Hall–Kier alpha value is -2.40. The van der Waals surface area contributed by atoms with Gasteiger partial charge >= 0.3 is 17.8 Å². The lowest BCUT2D eigenvalue weighted by Crippen LogP contribution is -2.55. The van der Waals surface area contributed by atoms with Crippen LogP contribution in [0, 0.1) is 0 Å². The highest BCUT2D eigenvalue weighted by molar-refractivity contribution is 8.14. The second kappa shape index (κ2) is 7.81. The molecule has 0 amide bonds. The third-order valence-electron chi connectivity index (χ3n) is 7.10. The van der Waals surface area contributed by atoms with E-state index in [-0.39, 0.29) is 0 Å². The molecule has 4 aliphatic rings. The molecule has 0 radical (unpaired) electrons. The highest BCUT2D eigenvalue weighted by atomic mass is 32.2. The number of alkyl halides is 6. The summed E-state index contributed by atoms with van der Waals surface area (Å²) in [7, 11) is 2.48. The first-order valence-electron chi connectivity index (χ1n) is 11.2. The molecule has 2 atom stereocenters. The fourth-order valence-electron chi connectivity index (χ4n) is 5.39. The summed E-state index contributed by atoms with van der Waals surface area (Å²) in [6.45, 7) is 0. The molecule has 0 N–H and O–H groups in total. The van der Waals surface area contributed by atoms with Gasteiger partial charge in [-0.15, -0.1) is 0 Å². The van der Waals surface area contributed by atoms with E-state index in [1.54, 1.807) is 60.7 Å². The van der Waals surface area contributed by atoms with Gasteiger partial charge in [-0.05, 0) is 23.3 Å². The Morgan fingerprint density at radius 3 is 1.24 bits per heavy atom. The highest BCUT2D eigenvalue weighted by Gasteiger charge is 2.85. The first-order valence-corrected chi connectivity index (χ1v) is 12.8. The number of hydrogen-bond acceptors (Lipinski definition) is 4. The highest BCUT2D eigenvalue weighted by Crippen LogP contribution is 2.75. The topological polar surface area (TPSA) is 18.5 Å². The van der Waals surface area contributed by atoms with Crippen LogP contribution in [0.4, 0.5) is 26.3 Å². The van der Waals surface area contributed by atoms with Crippen LogP contribution in [0.25, 0.3) is 9.81 Å². The zero-order valence-corrected chi connectivity index (χ0v) is 21.0. The molecule has 6 rings (SSSR count). The van der Waals surface area contributed by atoms with Crippen molar-refractivity contribution in [2.24, 2.45) is 0 Å². The first-order chi connectivity index (χ1) is 17.5. The van der Waals surface area contributed by atoms with Gasteiger partial charge in [0.2, 0.25) is 0 Å². The number of hydrogen-bond donors (Lipinski definition) is 0. The number of thioether (sulfide) groups is 2. The van der Waals surface area contributed by atoms with Crippen molar-refractivity contribution in [3.63, 3.8) is 0 Å². The van der Waals surface area contributed by atoms with Gasteiger partial charge in [0.25, 0.3) is 0 Å². The minimum absolute atomic E-state index is 0.407. The maximum absolute atomic E-state index is 15.4. The van der Waals surface area contributed by atoms with Crippen molar-refractivity contribution in [3.05, 3.63) is 106 Å². The van der Waals surface area contributed by atoms with E-state index in [0.29, 0.717) is 20.9 Å². The summed E-state index contributed by atoms with van der Waals surface area (Å²) in [6.07, 6.45) is 2.51. The van der Waals surface area contributed by atoms with Gasteiger partial charge in [-0.25, -0.2) is 0 Å². The number of rotatable bonds is 4. The molecule has 2 aromatic carbocycles. The SMILES string of the molecule is COC12SC(c3ccccc3)=CC1=C1C(=C3C=C(c4ccccc4)SC32OC)C(F)(F)C(F)(F)C1(F)F. The van der Waals surface area contributed by atoms with Crippen LogP contribution in [0.3, 0.4) is 0 Å². The molecule has 1 saturated carbocycles. The Bertz CT molecular complexity index is 1320. The normalized spacial score (nSPS) is 30.6. The van der Waals surface area contributed by atoms with Crippen LogP contribution in [0.15, 0.2) is 95.1 Å². The monoisotopic (exact) mass is 552 g/mol. The van der Waals surface area contributed by atoms with E-state index in [2.05, 4.69) is 0 Å². The number of fused-ring (bicyclic) bond motifs is 4. The van der Waals surface area contributed by atoms with Crippen molar-refractivity contribution in [2.45, 2.75) is 27.6 Å². The van der Waals surface area contributed by atoms with Crippen LogP contribution in [0.1, 0.15) is 11.1 Å². The average molecular weight is 553 g/mol. The number of allylic oxidation sites excluding steroid dienone is 2. The van der Waals surface area contributed by atoms with E-state index in [0.717, 1.165) is 23.5 Å². The lowest BCUT2D eigenvalue weighted by molar-refractivity contribution is -0.258. The molecule has 2 unspecified atom stereocenters. The zero-order chi connectivity index (χ0) is 26.4. The van der Waals surface area contributed by atoms with Crippen molar-refractivity contribution in [3.8, 4) is 0 Å². The Morgan fingerprint density at radius 1 is 0.568 bits per heavy atom. The van der Waals surface area contributed by atoms with Gasteiger partial charge in [0.1, 0.15) is 0 Å². The summed E-state index contributed by atoms with van der Waals surface area (Å²) >= 11 is 1.97. The summed E-state index contributed by atoms with van der Waals surface area (Å²) in [4.78, 5) is -2.91. The number of halogens is 6. The van der Waals surface area contributed by atoms with E-state index in [4.69, 9.17) is 9.47 Å². The number of methoxy groups -OCH3 is 2. The Balaban J connectivity index is 1.72. The van der Waals surface area contributed by atoms with E-state index in [1.807, 2.05) is 0 Å². The van der Waals surface area contributed by atoms with Crippen LogP contribution < -0.4 is 0 Å². The second-order valence-corrected chi connectivity index (χ2v) is 11.3. The van der Waals surface area contributed by atoms with Crippen LogP contribution in [-0.2, 0) is 9.47 Å². The molecule has 2 aromatic rings. The quantitative estimate of drug-likeness (QED) is 0.361. The van der Waals surface area contributed by atoms with Crippen molar-refractivity contribution < 1.29 is 35.8 Å². The average Bonchev–Trinajstić information content (AvgIpc) is 3.51. The van der Waals surface area contributed by atoms with E-state index >= 15 is 17.6 Å². The fourth-order valence-corrected chi connectivity index (χ4v) is 8.48. The number of ether oxygens (including phenoxy) is 2. The first kappa shape index (κ1) is 24.9. The molecule has 0 bridgehead atoms. The predicted molar refractivity (Wildman–Crippen MR) is 132 cm³/mol. The molecule has 0 aromatic heterocycles. The van der Waals surface area contributed by atoms with Crippen LogP contribution in [0.2, 0.25) is 0 Å². The third kappa shape index (κ3) is 2.84. The molecular weight excluding hydrogens is 534 g/mol. The predicted octanol–water partition coefficient (Wildman–Crippen LogP) is 7.77. The van der Waals surface area contributed by atoms with Gasteiger partial charge in [0, 0.05) is 46.3 Å². The molecule has 0 spiro atoms. The van der Waals surface area contributed by atoms with Gasteiger partial charge < -0.3 is 9.47 Å². The van der Waals surface area contributed by atoms with Crippen LogP contribution in [-0.4, -0.2) is 41.9 Å². The van der Waals surface area contributed by atoms with Crippen molar-refractivity contribution >= 4 is 33.3 Å². The maximum atomic E-state index is 15.4. The second-order valence-electron chi connectivity index (χ2n) is 8.90. The summed E-state index contributed by atoms with van der Waals surface area (Å²) in [5, 5.41) is 0. The lowest BCUT2D eigenvalue weighted by Gasteiger charge is -2.48. The fraction of sp³-hybridized carbons (Fsp3) is 0.259. The summed E-state index contributed by atoms with van der Waals surface area (Å²) in [5.74, 6) is -16.0. The Morgan fingerprint density at radius 2 is 0.919 bits per heavy atom. The molecule has 37 heavy (non-hydrogen) atoms. The van der Waals surface area contributed by atoms with Crippen molar-refractivity contribution in [1.82, 2.24) is 0 Å². The van der Waals surface area contributed by atoms with Crippen LogP contribution >= 0.6 is 23.5 Å². The minimum Gasteiger partial charge on any atom is -0.358 e. The van der Waals surface area contributed by atoms with Gasteiger partial charge in [0.05, 0.1) is 0 Å². The summed E-state index contributed by atoms with van der Waals surface area (Å²) in [6, 6.07) is 17.3. The molecule has 192 valence electrons.